The van der Waals surface area contributed by atoms with Crippen LogP contribution in [0.2, 0.25) is 0 Å². The molecule has 1 amide bonds. The lowest BCUT2D eigenvalue weighted by atomic mass is 10.2. The maximum atomic E-state index is 12.0. The van der Waals surface area contributed by atoms with Crippen molar-refractivity contribution in [1.29, 1.82) is 0 Å². The van der Waals surface area contributed by atoms with Crippen LogP contribution in [0.4, 0.5) is 0 Å². The fraction of sp³-hybridized carbons (Fsp3) is 0.900. The van der Waals surface area contributed by atoms with E-state index < -0.39 is 0 Å². The second-order valence-corrected chi connectivity index (χ2v) is 3.94. The molecule has 2 heterocycles. The second-order valence-electron chi connectivity index (χ2n) is 3.94. The number of nitrogens with zero attached hydrogens (tertiary/aromatic N) is 1. The summed E-state index contributed by atoms with van der Waals surface area (Å²) in [5.41, 5.74) is 0. The highest BCUT2D eigenvalue weighted by molar-refractivity contribution is 5.82. The van der Waals surface area contributed by atoms with E-state index in [1.807, 2.05) is 4.90 Å². The fourth-order valence-electron chi connectivity index (χ4n) is 2.08. The lowest BCUT2D eigenvalue weighted by Crippen LogP contribution is -2.44. The molecule has 0 aliphatic carbocycles. The number of carbonyl (C=O) groups is 1. The molecule has 0 aromatic heterocycles. The van der Waals surface area contributed by atoms with Crippen molar-refractivity contribution in [2.45, 2.75) is 25.3 Å². The molecule has 80 valence electrons. The van der Waals surface area contributed by atoms with Crippen molar-refractivity contribution in [3.63, 3.8) is 0 Å². The minimum absolute atomic E-state index is 0.0769. The van der Waals surface area contributed by atoms with Crippen LogP contribution in [0.3, 0.4) is 0 Å². The number of nitrogens with one attached hydrogen (secondary N) is 1. The van der Waals surface area contributed by atoms with E-state index in [4.69, 9.17) is 4.74 Å². The number of hydrogen-bond acceptors (Lipinski definition) is 3. The second kappa shape index (κ2) is 4.75. The number of amides is 1. The molecule has 2 aliphatic heterocycles. The third kappa shape index (κ3) is 2.25. The van der Waals surface area contributed by atoms with Gasteiger partial charge in [0.05, 0.1) is 12.6 Å². The summed E-state index contributed by atoms with van der Waals surface area (Å²) in [4.78, 5) is 13.9. The molecule has 0 unspecified atom stereocenters. The summed E-state index contributed by atoms with van der Waals surface area (Å²) >= 11 is 0. The van der Waals surface area contributed by atoms with E-state index in [1.54, 1.807) is 0 Å². The Morgan fingerprint density at radius 3 is 3.00 bits per heavy atom. The van der Waals surface area contributed by atoms with E-state index in [9.17, 15) is 4.79 Å². The molecule has 0 radical (unpaired) electrons. The molecule has 4 heteroatoms. The van der Waals surface area contributed by atoms with Gasteiger partial charge in [-0.2, -0.15) is 0 Å². The Hall–Kier alpha value is -0.610. The number of ether oxygens (including phenoxy) is 1. The van der Waals surface area contributed by atoms with Crippen LogP contribution in [0.15, 0.2) is 0 Å². The summed E-state index contributed by atoms with van der Waals surface area (Å²) in [6, 6.07) is 0.0769. The molecule has 1 atom stereocenters. The molecule has 2 saturated heterocycles. The molecule has 0 aromatic rings. The zero-order valence-electron chi connectivity index (χ0n) is 8.50. The average molecular weight is 198 g/mol. The van der Waals surface area contributed by atoms with Crippen LogP contribution in [0.5, 0.6) is 0 Å². The van der Waals surface area contributed by atoms with E-state index in [2.05, 4.69) is 5.32 Å². The zero-order chi connectivity index (χ0) is 9.80. The standard InChI is InChI=1S/C10H18N2O2/c13-10(9-3-1-4-11-9)12-5-2-7-14-8-6-12/h9,11H,1-8H2/t9-/m0/s1. The molecule has 14 heavy (non-hydrogen) atoms. The molecule has 0 spiro atoms. The maximum Gasteiger partial charge on any atom is 0.239 e. The lowest BCUT2D eigenvalue weighted by Gasteiger charge is -2.23. The first kappa shape index (κ1) is 9.93. The molecular weight excluding hydrogens is 180 g/mol. The Labute approximate surface area is 84.6 Å². The summed E-state index contributed by atoms with van der Waals surface area (Å²) in [6.45, 7) is 4.09. The van der Waals surface area contributed by atoms with Crippen LogP contribution >= 0.6 is 0 Å². The van der Waals surface area contributed by atoms with Crippen molar-refractivity contribution in [2.24, 2.45) is 0 Å². The first-order valence-electron chi connectivity index (χ1n) is 5.48. The van der Waals surface area contributed by atoms with Crippen LogP contribution in [-0.2, 0) is 9.53 Å². The predicted octanol–water partition coefficient (Wildman–Crippen LogP) is -0.0127. The van der Waals surface area contributed by atoms with Gasteiger partial charge in [-0.05, 0) is 25.8 Å². The Kier molecular flexibility index (Phi) is 3.37. The summed E-state index contributed by atoms with van der Waals surface area (Å²) < 4.78 is 5.32. The fourth-order valence-corrected chi connectivity index (χ4v) is 2.08. The van der Waals surface area contributed by atoms with Crippen LogP contribution in [0, 0.1) is 0 Å². The molecule has 4 nitrogen and oxygen atoms in total. The molecule has 2 aliphatic rings. The third-order valence-electron chi connectivity index (χ3n) is 2.89. The topological polar surface area (TPSA) is 41.6 Å². The van der Waals surface area contributed by atoms with Crippen LogP contribution in [-0.4, -0.2) is 49.7 Å². The Morgan fingerprint density at radius 2 is 2.21 bits per heavy atom. The summed E-state index contributed by atoms with van der Waals surface area (Å²) in [5.74, 6) is 0.271. The number of carbonyl (C=O) groups excluding carboxylic acids is 1. The van der Waals surface area contributed by atoms with Gasteiger partial charge >= 0.3 is 0 Å². The number of hydrogen-bond donors (Lipinski definition) is 1. The van der Waals surface area contributed by atoms with Crippen molar-refractivity contribution >= 4 is 5.91 Å². The van der Waals surface area contributed by atoms with Crippen molar-refractivity contribution in [1.82, 2.24) is 10.2 Å². The molecule has 2 fully saturated rings. The third-order valence-corrected chi connectivity index (χ3v) is 2.89. The van der Waals surface area contributed by atoms with E-state index in [0.717, 1.165) is 45.5 Å². The first-order valence-corrected chi connectivity index (χ1v) is 5.48. The maximum absolute atomic E-state index is 12.0. The van der Waals surface area contributed by atoms with Gasteiger partial charge in [-0.3, -0.25) is 4.79 Å². The summed E-state index contributed by atoms with van der Waals surface area (Å²) in [7, 11) is 0. The van der Waals surface area contributed by atoms with Gasteiger partial charge < -0.3 is 15.0 Å². The largest absolute Gasteiger partial charge is 0.380 e. The number of rotatable bonds is 1. The van der Waals surface area contributed by atoms with Gasteiger partial charge in [0.25, 0.3) is 0 Å². The van der Waals surface area contributed by atoms with Gasteiger partial charge in [-0.15, -0.1) is 0 Å². The van der Waals surface area contributed by atoms with Gasteiger partial charge in [0.15, 0.2) is 0 Å². The summed E-state index contributed by atoms with van der Waals surface area (Å²) in [6.07, 6.45) is 3.09. The highest BCUT2D eigenvalue weighted by Gasteiger charge is 2.26. The van der Waals surface area contributed by atoms with Gasteiger partial charge in [-0.25, -0.2) is 0 Å². The highest BCUT2D eigenvalue weighted by atomic mass is 16.5. The van der Waals surface area contributed by atoms with Crippen molar-refractivity contribution in [3.8, 4) is 0 Å². The summed E-state index contributed by atoms with van der Waals surface area (Å²) in [5, 5.41) is 3.24. The first-order chi connectivity index (χ1) is 6.88. The van der Waals surface area contributed by atoms with Gasteiger partial charge in [0.2, 0.25) is 5.91 Å². The normalized spacial score (nSPS) is 28.9. The molecule has 0 saturated carbocycles. The van der Waals surface area contributed by atoms with E-state index >= 15 is 0 Å². The Bertz CT molecular complexity index is 194. The van der Waals surface area contributed by atoms with Gasteiger partial charge in [0.1, 0.15) is 0 Å². The Balaban J connectivity index is 1.88. The van der Waals surface area contributed by atoms with Crippen molar-refractivity contribution in [2.75, 3.05) is 32.8 Å². The predicted molar refractivity (Wildman–Crippen MR) is 53.0 cm³/mol. The highest BCUT2D eigenvalue weighted by Crippen LogP contribution is 2.10. The van der Waals surface area contributed by atoms with Gasteiger partial charge in [-0.1, -0.05) is 0 Å². The minimum atomic E-state index is 0.0769. The lowest BCUT2D eigenvalue weighted by molar-refractivity contribution is -0.133. The van der Waals surface area contributed by atoms with Crippen molar-refractivity contribution in [3.05, 3.63) is 0 Å². The monoisotopic (exact) mass is 198 g/mol. The van der Waals surface area contributed by atoms with Gasteiger partial charge in [0, 0.05) is 19.7 Å². The van der Waals surface area contributed by atoms with Crippen molar-refractivity contribution < 1.29 is 9.53 Å². The van der Waals surface area contributed by atoms with E-state index in [1.165, 1.54) is 0 Å². The minimum Gasteiger partial charge on any atom is -0.380 e. The average Bonchev–Trinajstić information content (AvgIpc) is 2.59. The van der Waals surface area contributed by atoms with E-state index in [-0.39, 0.29) is 11.9 Å². The molecule has 1 N–H and O–H groups in total. The quantitative estimate of drug-likeness (QED) is 0.644. The van der Waals surface area contributed by atoms with E-state index in [0.29, 0.717) is 6.61 Å². The smallest absolute Gasteiger partial charge is 0.239 e. The SMILES string of the molecule is O=C([C@@H]1CCCN1)N1CCCOCC1. The Morgan fingerprint density at radius 1 is 1.29 bits per heavy atom. The molecule has 0 bridgehead atoms. The molecule has 0 aromatic carbocycles. The molecule has 2 rings (SSSR count). The van der Waals surface area contributed by atoms with Crippen LogP contribution < -0.4 is 5.32 Å². The van der Waals surface area contributed by atoms with Crippen LogP contribution in [0.25, 0.3) is 0 Å². The van der Waals surface area contributed by atoms with Crippen LogP contribution in [0.1, 0.15) is 19.3 Å². The molecular formula is C10H18N2O2. The zero-order valence-corrected chi connectivity index (χ0v) is 8.50.